The first-order valence-corrected chi connectivity index (χ1v) is 8.19. The Morgan fingerprint density at radius 2 is 1.92 bits per heavy atom. The number of pyridine rings is 1. The zero-order chi connectivity index (χ0) is 17.8. The van der Waals surface area contributed by atoms with Gasteiger partial charge in [0.15, 0.2) is 0 Å². The Bertz CT molecular complexity index is 908. The molecule has 0 saturated carbocycles. The second kappa shape index (κ2) is 7.36. The minimum Gasteiger partial charge on any atom is -0.478 e. The van der Waals surface area contributed by atoms with Crippen LogP contribution in [0.1, 0.15) is 21.5 Å². The molecular formula is C20H17ClN2O2. The Balaban J connectivity index is 1.74. The van der Waals surface area contributed by atoms with Crippen LogP contribution in [0.4, 0.5) is 5.82 Å². The first-order valence-electron chi connectivity index (χ1n) is 7.81. The van der Waals surface area contributed by atoms with Crippen molar-refractivity contribution in [3.63, 3.8) is 0 Å². The lowest BCUT2D eigenvalue weighted by atomic mass is 10.0. The van der Waals surface area contributed by atoms with Crippen LogP contribution in [0.3, 0.4) is 0 Å². The highest BCUT2D eigenvalue weighted by Crippen LogP contribution is 2.25. The quantitative estimate of drug-likeness (QED) is 0.676. The van der Waals surface area contributed by atoms with Gasteiger partial charge in [-0.25, -0.2) is 9.78 Å². The van der Waals surface area contributed by atoms with Crippen LogP contribution in [-0.2, 0) is 6.54 Å². The first-order chi connectivity index (χ1) is 12.0. The molecule has 0 unspecified atom stereocenters. The molecule has 3 rings (SSSR count). The molecule has 3 aromatic rings. The van der Waals surface area contributed by atoms with Gasteiger partial charge >= 0.3 is 5.97 Å². The number of hydrogen-bond acceptors (Lipinski definition) is 3. The number of carboxylic acid groups (broad SMARTS) is 1. The summed E-state index contributed by atoms with van der Waals surface area (Å²) in [6.45, 7) is 2.76. The second-order valence-corrected chi connectivity index (χ2v) is 6.18. The van der Waals surface area contributed by atoms with Gasteiger partial charge in [0.25, 0.3) is 0 Å². The van der Waals surface area contributed by atoms with Crippen LogP contribution in [0, 0.1) is 6.92 Å². The number of benzene rings is 2. The van der Waals surface area contributed by atoms with Gasteiger partial charge in [0.2, 0.25) is 0 Å². The summed E-state index contributed by atoms with van der Waals surface area (Å²) in [4.78, 5) is 15.6. The molecule has 0 radical (unpaired) electrons. The van der Waals surface area contributed by atoms with E-state index in [9.17, 15) is 4.79 Å². The van der Waals surface area contributed by atoms with Gasteiger partial charge in [0.1, 0.15) is 5.82 Å². The number of carbonyl (C=O) groups is 1. The third-order valence-electron chi connectivity index (χ3n) is 3.85. The number of aromatic nitrogens is 1. The molecule has 0 atom stereocenters. The zero-order valence-electron chi connectivity index (χ0n) is 13.7. The average Bonchev–Trinajstić information content (AvgIpc) is 2.61. The van der Waals surface area contributed by atoms with E-state index >= 15 is 0 Å². The molecule has 126 valence electrons. The molecule has 5 heteroatoms. The Kier molecular flexibility index (Phi) is 5.00. The SMILES string of the molecule is Cc1cccc(CNc2ccc(-c3ccc(Cl)c(C(=O)O)c3)cn2)c1. The lowest BCUT2D eigenvalue weighted by Crippen LogP contribution is -2.01. The van der Waals surface area contributed by atoms with Crippen LogP contribution in [0.15, 0.2) is 60.8 Å². The highest BCUT2D eigenvalue weighted by atomic mass is 35.5. The highest BCUT2D eigenvalue weighted by Gasteiger charge is 2.10. The van der Waals surface area contributed by atoms with Crippen LogP contribution in [0.25, 0.3) is 11.1 Å². The molecule has 0 saturated heterocycles. The maximum absolute atomic E-state index is 11.2. The molecular weight excluding hydrogens is 336 g/mol. The van der Waals surface area contributed by atoms with Gasteiger partial charge in [-0.3, -0.25) is 0 Å². The van der Waals surface area contributed by atoms with Crippen molar-refractivity contribution in [2.45, 2.75) is 13.5 Å². The zero-order valence-corrected chi connectivity index (χ0v) is 14.4. The molecule has 0 fully saturated rings. The molecule has 0 bridgehead atoms. The average molecular weight is 353 g/mol. The Hall–Kier alpha value is -2.85. The van der Waals surface area contributed by atoms with Gasteiger partial charge in [-0.2, -0.15) is 0 Å². The van der Waals surface area contributed by atoms with Gasteiger partial charge < -0.3 is 10.4 Å². The van der Waals surface area contributed by atoms with E-state index in [-0.39, 0.29) is 10.6 Å². The van der Waals surface area contributed by atoms with Crippen molar-refractivity contribution in [1.29, 1.82) is 0 Å². The molecule has 4 nitrogen and oxygen atoms in total. The van der Waals surface area contributed by atoms with Crippen LogP contribution in [0.2, 0.25) is 5.02 Å². The topological polar surface area (TPSA) is 62.2 Å². The number of nitrogens with one attached hydrogen (secondary N) is 1. The fraction of sp³-hybridized carbons (Fsp3) is 0.100. The van der Waals surface area contributed by atoms with Crippen molar-refractivity contribution >= 4 is 23.4 Å². The molecule has 0 spiro atoms. The lowest BCUT2D eigenvalue weighted by molar-refractivity contribution is 0.0697. The van der Waals surface area contributed by atoms with Crippen molar-refractivity contribution in [1.82, 2.24) is 4.98 Å². The number of aromatic carboxylic acids is 1. The summed E-state index contributed by atoms with van der Waals surface area (Å²) < 4.78 is 0. The molecule has 25 heavy (non-hydrogen) atoms. The molecule has 0 amide bonds. The Morgan fingerprint density at radius 1 is 1.12 bits per heavy atom. The normalized spacial score (nSPS) is 10.5. The summed E-state index contributed by atoms with van der Waals surface area (Å²) in [6, 6.07) is 17.0. The van der Waals surface area contributed by atoms with Gasteiger partial charge in [0.05, 0.1) is 10.6 Å². The van der Waals surface area contributed by atoms with Crippen molar-refractivity contribution in [2.75, 3.05) is 5.32 Å². The fourth-order valence-electron chi connectivity index (χ4n) is 2.55. The van der Waals surface area contributed by atoms with E-state index in [0.29, 0.717) is 6.54 Å². The van der Waals surface area contributed by atoms with Crippen LogP contribution in [0.5, 0.6) is 0 Å². The molecule has 0 aliphatic rings. The first kappa shape index (κ1) is 17.0. The predicted octanol–water partition coefficient (Wildman–Crippen LogP) is 5.02. The summed E-state index contributed by atoms with van der Waals surface area (Å²) in [5.74, 6) is -0.283. The lowest BCUT2D eigenvalue weighted by Gasteiger charge is -2.08. The minimum absolute atomic E-state index is 0.0841. The standard InChI is InChI=1S/C20H17ClN2O2/c1-13-3-2-4-14(9-13)11-22-19-8-6-16(12-23-19)15-5-7-18(21)17(10-15)20(24)25/h2-10,12H,11H2,1H3,(H,22,23)(H,24,25). The van der Waals surface area contributed by atoms with E-state index in [1.54, 1.807) is 24.4 Å². The predicted molar refractivity (Wildman–Crippen MR) is 100 cm³/mol. The molecule has 0 aliphatic heterocycles. The van der Waals surface area contributed by atoms with Crippen molar-refractivity contribution < 1.29 is 9.90 Å². The fourth-order valence-corrected chi connectivity index (χ4v) is 2.75. The molecule has 1 heterocycles. The summed E-state index contributed by atoms with van der Waals surface area (Å²) in [6.07, 6.45) is 1.72. The molecule has 2 N–H and O–H groups in total. The minimum atomic E-state index is -1.05. The molecule has 1 aromatic heterocycles. The summed E-state index contributed by atoms with van der Waals surface area (Å²) in [5, 5.41) is 12.7. The number of anilines is 1. The van der Waals surface area contributed by atoms with Crippen LogP contribution >= 0.6 is 11.6 Å². The Morgan fingerprint density at radius 3 is 2.60 bits per heavy atom. The number of nitrogens with zero attached hydrogens (tertiary/aromatic N) is 1. The number of hydrogen-bond donors (Lipinski definition) is 2. The van der Waals surface area contributed by atoms with Crippen molar-refractivity contribution in [2.24, 2.45) is 0 Å². The van der Waals surface area contributed by atoms with Crippen LogP contribution in [-0.4, -0.2) is 16.1 Å². The van der Waals surface area contributed by atoms with E-state index in [0.717, 1.165) is 16.9 Å². The van der Waals surface area contributed by atoms with Gasteiger partial charge in [-0.15, -0.1) is 0 Å². The van der Waals surface area contributed by atoms with Gasteiger partial charge in [-0.05, 0) is 42.3 Å². The number of rotatable bonds is 5. The summed E-state index contributed by atoms with van der Waals surface area (Å²) in [5.41, 5.74) is 4.09. The van der Waals surface area contributed by atoms with E-state index in [2.05, 4.69) is 35.4 Å². The van der Waals surface area contributed by atoms with E-state index in [1.165, 1.54) is 11.1 Å². The smallest absolute Gasteiger partial charge is 0.337 e. The molecule has 0 aliphatic carbocycles. The summed E-state index contributed by atoms with van der Waals surface area (Å²) in [7, 11) is 0. The highest BCUT2D eigenvalue weighted by molar-refractivity contribution is 6.33. The largest absolute Gasteiger partial charge is 0.478 e. The third-order valence-corrected chi connectivity index (χ3v) is 4.18. The number of carboxylic acids is 1. The van der Waals surface area contributed by atoms with Gasteiger partial charge in [0, 0.05) is 18.3 Å². The maximum Gasteiger partial charge on any atom is 0.337 e. The number of halogens is 1. The third kappa shape index (κ3) is 4.17. The van der Waals surface area contributed by atoms with Crippen LogP contribution < -0.4 is 5.32 Å². The summed E-state index contributed by atoms with van der Waals surface area (Å²) >= 11 is 5.91. The van der Waals surface area contributed by atoms with Crippen molar-refractivity contribution in [3.8, 4) is 11.1 Å². The second-order valence-electron chi connectivity index (χ2n) is 5.77. The Labute approximate surface area is 151 Å². The van der Waals surface area contributed by atoms with Crippen molar-refractivity contribution in [3.05, 3.63) is 82.5 Å². The monoisotopic (exact) mass is 352 g/mol. The molecule has 2 aromatic carbocycles. The van der Waals surface area contributed by atoms with E-state index in [1.807, 2.05) is 18.2 Å². The number of aryl methyl sites for hydroxylation is 1. The maximum atomic E-state index is 11.2. The van der Waals surface area contributed by atoms with E-state index in [4.69, 9.17) is 16.7 Å². The van der Waals surface area contributed by atoms with E-state index < -0.39 is 5.97 Å². The van der Waals surface area contributed by atoms with Gasteiger partial charge in [-0.1, -0.05) is 47.5 Å².